The van der Waals surface area contributed by atoms with E-state index in [2.05, 4.69) is 4.98 Å². The van der Waals surface area contributed by atoms with Crippen molar-refractivity contribution in [2.45, 2.75) is 25.2 Å². The van der Waals surface area contributed by atoms with Gasteiger partial charge >= 0.3 is 0 Å². The van der Waals surface area contributed by atoms with Gasteiger partial charge in [-0.05, 0) is 36.6 Å². The molecule has 1 unspecified atom stereocenters. The first-order valence-electron chi connectivity index (χ1n) is 10.3. The molecule has 30 heavy (non-hydrogen) atoms. The highest BCUT2D eigenvalue weighted by Gasteiger charge is 2.36. The van der Waals surface area contributed by atoms with Crippen LogP contribution in [-0.2, 0) is 9.59 Å². The maximum atomic E-state index is 12.7. The minimum absolute atomic E-state index is 0.0499. The van der Waals surface area contributed by atoms with Gasteiger partial charge in [-0.1, -0.05) is 18.2 Å². The Bertz CT molecular complexity index is 965. The standard InChI is InChI=1S/C23H26N4O3/c1-26-14-19(12-21(26)28)23(30)27-9-7-15(8-10-27)20-6-5-18(13-25-20)16-3-2-4-17(11-16)22(24)29/h2-6,11,13,15,19H,7-10,12,14H2,1H3,(H2,24,29). The van der Waals surface area contributed by atoms with Crippen LogP contribution < -0.4 is 5.73 Å². The molecular weight excluding hydrogens is 380 g/mol. The summed E-state index contributed by atoms with van der Waals surface area (Å²) in [6.45, 7) is 1.92. The number of likely N-dealkylation sites (tertiary alicyclic amines) is 2. The third-order valence-corrected chi connectivity index (χ3v) is 6.18. The van der Waals surface area contributed by atoms with E-state index in [0.29, 0.717) is 37.5 Å². The SMILES string of the molecule is CN1CC(C(=O)N2CCC(c3ccc(-c4cccc(C(N)=O)c4)cn3)CC2)CC1=O. The number of hydrogen-bond donors (Lipinski definition) is 1. The minimum Gasteiger partial charge on any atom is -0.366 e. The van der Waals surface area contributed by atoms with Crippen molar-refractivity contribution in [3.05, 3.63) is 53.9 Å². The number of pyridine rings is 1. The predicted molar refractivity (Wildman–Crippen MR) is 112 cm³/mol. The third-order valence-electron chi connectivity index (χ3n) is 6.18. The summed E-state index contributed by atoms with van der Waals surface area (Å²) in [6, 6.07) is 11.2. The number of primary amides is 1. The summed E-state index contributed by atoms with van der Waals surface area (Å²) in [5, 5.41) is 0. The fourth-order valence-electron chi connectivity index (χ4n) is 4.35. The first-order chi connectivity index (χ1) is 14.4. The van der Waals surface area contributed by atoms with Crippen LogP contribution in [0.5, 0.6) is 0 Å². The normalized spacial score (nSPS) is 19.9. The summed E-state index contributed by atoms with van der Waals surface area (Å²) in [6.07, 6.45) is 3.89. The smallest absolute Gasteiger partial charge is 0.248 e. The fraction of sp³-hybridized carbons (Fsp3) is 0.391. The molecule has 2 N–H and O–H groups in total. The van der Waals surface area contributed by atoms with Gasteiger partial charge in [-0.15, -0.1) is 0 Å². The molecule has 7 nitrogen and oxygen atoms in total. The van der Waals surface area contributed by atoms with Crippen molar-refractivity contribution in [2.24, 2.45) is 11.7 Å². The van der Waals surface area contributed by atoms with Gasteiger partial charge in [0.15, 0.2) is 0 Å². The second kappa shape index (κ2) is 8.26. The van der Waals surface area contributed by atoms with Crippen molar-refractivity contribution in [3.8, 4) is 11.1 Å². The number of piperidine rings is 1. The molecule has 2 saturated heterocycles. The van der Waals surface area contributed by atoms with Crippen molar-refractivity contribution >= 4 is 17.7 Å². The minimum atomic E-state index is -0.448. The molecule has 3 amide bonds. The fourth-order valence-corrected chi connectivity index (χ4v) is 4.35. The molecule has 2 fully saturated rings. The molecular formula is C23H26N4O3. The van der Waals surface area contributed by atoms with Crippen LogP contribution in [-0.4, -0.2) is 59.2 Å². The Labute approximate surface area is 175 Å². The van der Waals surface area contributed by atoms with Crippen molar-refractivity contribution in [2.75, 3.05) is 26.7 Å². The van der Waals surface area contributed by atoms with Crippen LogP contribution in [0.1, 0.15) is 41.2 Å². The van der Waals surface area contributed by atoms with E-state index < -0.39 is 5.91 Å². The number of nitrogens with zero attached hydrogens (tertiary/aromatic N) is 3. The van der Waals surface area contributed by atoms with Gasteiger partial charge in [-0.2, -0.15) is 0 Å². The van der Waals surface area contributed by atoms with E-state index in [4.69, 9.17) is 5.73 Å². The lowest BCUT2D eigenvalue weighted by Gasteiger charge is -2.33. The maximum Gasteiger partial charge on any atom is 0.248 e. The van der Waals surface area contributed by atoms with Crippen LogP contribution in [0.2, 0.25) is 0 Å². The first kappa shape index (κ1) is 20.1. The Morgan fingerprint density at radius 3 is 2.47 bits per heavy atom. The first-order valence-corrected chi connectivity index (χ1v) is 10.3. The molecule has 0 saturated carbocycles. The Hall–Kier alpha value is -3.22. The number of rotatable bonds is 4. The zero-order valence-electron chi connectivity index (χ0n) is 17.1. The Kier molecular flexibility index (Phi) is 5.53. The van der Waals surface area contributed by atoms with Gasteiger partial charge in [0.1, 0.15) is 0 Å². The van der Waals surface area contributed by atoms with E-state index in [9.17, 15) is 14.4 Å². The quantitative estimate of drug-likeness (QED) is 0.840. The summed E-state index contributed by atoms with van der Waals surface area (Å²) in [7, 11) is 1.75. The van der Waals surface area contributed by atoms with Gasteiger partial charge in [-0.3, -0.25) is 19.4 Å². The summed E-state index contributed by atoms with van der Waals surface area (Å²) in [5.41, 5.74) is 8.70. The van der Waals surface area contributed by atoms with Crippen LogP contribution in [0.15, 0.2) is 42.6 Å². The van der Waals surface area contributed by atoms with Crippen LogP contribution in [0, 0.1) is 5.92 Å². The van der Waals surface area contributed by atoms with Gasteiger partial charge in [-0.25, -0.2) is 0 Å². The van der Waals surface area contributed by atoms with Gasteiger partial charge < -0.3 is 15.5 Å². The van der Waals surface area contributed by atoms with Crippen LogP contribution in [0.25, 0.3) is 11.1 Å². The van der Waals surface area contributed by atoms with E-state index in [1.54, 1.807) is 24.1 Å². The van der Waals surface area contributed by atoms with Crippen LogP contribution in [0.4, 0.5) is 0 Å². The van der Waals surface area contributed by atoms with E-state index in [1.807, 2.05) is 35.4 Å². The predicted octanol–water partition coefficient (Wildman–Crippen LogP) is 2.03. The largest absolute Gasteiger partial charge is 0.366 e. The highest BCUT2D eigenvalue weighted by Crippen LogP contribution is 2.30. The van der Waals surface area contributed by atoms with Crippen molar-refractivity contribution in [1.82, 2.24) is 14.8 Å². The Balaban J connectivity index is 1.37. The van der Waals surface area contributed by atoms with E-state index >= 15 is 0 Å². The molecule has 4 rings (SSSR count). The van der Waals surface area contributed by atoms with E-state index in [1.165, 1.54) is 0 Å². The third kappa shape index (κ3) is 4.06. The number of hydrogen-bond acceptors (Lipinski definition) is 4. The van der Waals surface area contributed by atoms with Crippen molar-refractivity contribution in [3.63, 3.8) is 0 Å². The highest BCUT2D eigenvalue weighted by molar-refractivity contribution is 5.94. The summed E-state index contributed by atoms with van der Waals surface area (Å²) >= 11 is 0. The number of carbonyl (C=O) groups excluding carboxylic acids is 3. The number of amides is 3. The molecule has 7 heteroatoms. The zero-order valence-corrected chi connectivity index (χ0v) is 17.1. The summed E-state index contributed by atoms with van der Waals surface area (Å²) < 4.78 is 0. The molecule has 2 aliphatic rings. The number of benzene rings is 1. The Morgan fingerprint density at radius 2 is 1.87 bits per heavy atom. The second-order valence-corrected chi connectivity index (χ2v) is 8.19. The maximum absolute atomic E-state index is 12.7. The summed E-state index contributed by atoms with van der Waals surface area (Å²) in [5.74, 6) is -0.186. The summed E-state index contributed by atoms with van der Waals surface area (Å²) in [4.78, 5) is 44.0. The molecule has 2 aliphatic heterocycles. The molecule has 156 valence electrons. The average molecular weight is 406 g/mol. The van der Waals surface area contributed by atoms with Gasteiger partial charge in [0.25, 0.3) is 0 Å². The lowest BCUT2D eigenvalue weighted by atomic mass is 9.91. The molecule has 1 aromatic heterocycles. The van der Waals surface area contributed by atoms with Crippen LogP contribution in [0.3, 0.4) is 0 Å². The van der Waals surface area contributed by atoms with Crippen LogP contribution >= 0.6 is 0 Å². The molecule has 0 bridgehead atoms. The lowest BCUT2D eigenvalue weighted by Crippen LogP contribution is -2.42. The van der Waals surface area contributed by atoms with Gasteiger partial charge in [0, 0.05) is 62.0 Å². The molecule has 0 radical (unpaired) electrons. The van der Waals surface area contributed by atoms with Crippen molar-refractivity contribution in [1.29, 1.82) is 0 Å². The van der Waals surface area contributed by atoms with E-state index in [-0.39, 0.29) is 17.7 Å². The lowest BCUT2D eigenvalue weighted by molar-refractivity contribution is -0.136. The number of nitrogens with two attached hydrogens (primary N) is 1. The van der Waals surface area contributed by atoms with E-state index in [0.717, 1.165) is 29.7 Å². The van der Waals surface area contributed by atoms with Crippen molar-refractivity contribution < 1.29 is 14.4 Å². The van der Waals surface area contributed by atoms with Gasteiger partial charge in [0.2, 0.25) is 17.7 Å². The second-order valence-electron chi connectivity index (χ2n) is 8.19. The zero-order chi connectivity index (χ0) is 21.3. The topological polar surface area (TPSA) is 96.6 Å². The monoisotopic (exact) mass is 406 g/mol. The molecule has 3 heterocycles. The highest BCUT2D eigenvalue weighted by atomic mass is 16.2. The molecule has 0 spiro atoms. The molecule has 2 aromatic rings. The molecule has 1 aromatic carbocycles. The molecule has 1 atom stereocenters. The average Bonchev–Trinajstić information content (AvgIpc) is 3.12. The molecule has 0 aliphatic carbocycles. The number of carbonyl (C=O) groups is 3. The number of aromatic nitrogens is 1. The Morgan fingerprint density at radius 1 is 1.10 bits per heavy atom. The van der Waals surface area contributed by atoms with Gasteiger partial charge in [0.05, 0.1) is 5.92 Å².